The molecule has 1 heterocycles. The molecule has 1 aliphatic carbocycles. The second-order valence-corrected chi connectivity index (χ2v) is 7.98. The molecule has 1 aromatic carbocycles. The number of likely N-dealkylation sites (N-methyl/N-ethyl adjacent to an activating group) is 1. The zero-order chi connectivity index (χ0) is 17.5. The number of carbonyl (C=O) groups is 1. The average molecular weight is 328 g/mol. The Morgan fingerprint density at radius 3 is 2.58 bits per heavy atom. The predicted octanol–water partition coefficient (Wildman–Crippen LogP) is 3.51. The summed E-state index contributed by atoms with van der Waals surface area (Å²) in [6.07, 6.45) is 5.40. The smallest absolute Gasteiger partial charge is 0.249 e. The van der Waals surface area contributed by atoms with Gasteiger partial charge in [0.25, 0.3) is 0 Å². The zero-order valence-electron chi connectivity index (χ0n) is 15.2. The van der Waals surface area contributed by atoms with E-state index < -0.39 is 5.72 Å². The van der Waals surface area contributed by atoms with Gasteiger partial charge in [-0.2, -0.15) is 0 Å². The number of carbonyl (C=O) groups excluding carboxylic acids is 1. The molecule has 0 saturated carbocycles. The molecule has 3 rings (SSSR count). The Hall–Kier alpha value is -1.65. The third-order valence-corrected chi connectivity index (χ3v) is 5.68. The van der Waals surface area contributed by atoms with Crippen LogP contribution in [0.4, 0.5) is 0 Å². The van der Waals surface area contributed by atoms with E-state index in [0.29, 0.717) is 11.0 Å². The fourth-order valence-electron chi connectivity index (χ4n) is 3.64. The molecule has 1 aliphatic heterocycles. The zero-order valence-corrected chi connectivity index (χ0v) is 15.2. The number of rotatable bonds is 3. The molecule has 4 heteroatoms. The first-order valence-corrected chi connectivity index (χ1v) is 8.72. The normalized spacial score (nSPS) is 27.1. The second-order valence-electron chi connectivity index (χ2n) is 7.98. The van der Waals surface area contributed by atoms with Crippen LogP contribution >= 0.6 is 0 Å². The van der Waals surface area contributed by atoms with Crippen LogP contribution in [0.3, 0.4) is 0 Å². The first kappa shape index (κ1) is 17.2. The van der Waals surface area contributed by atoms with Gasteiger partial charge in [0.05, 0.1) is 6.61 Å². The van der Waals surface area contributed by atoms with E-state index in [1.165, 1.54) is 5.57 Å². The molecule has 1 fully saturated rings. The summed E-state index contributed by atoms with van der Waals surface area (Å²) in [4.78, 5) is 14.1. The van der Waals surface area contributed by atoms with Gasteiger partial charge in [-0.1, -0.05) is 26.0 Å². The molecule has 1 saturated heterocycles. The molecule has 2 N–H and O–H groups in total. The van der Waals surface area contributed by atoms with Gasteiger partial charge in [0.15, 0.2) is 0 Å². The maximum atomic E-state index is 11.9. The third-order valence-electron chi connectivity index (χ3n) is 5.68. The number of ether oxygens (including phenoxy) is 1. The van der Waals surface area contributed by atoms with Gasteiger partial charge in [0.2, 0.25) is 5.91 Å². The van der Waals surface area contributed by atoms with Crippen LogP contribution in [0.15, 0.2) is 24.3 Å². The fraction of sp³-hybridized carbons (Fsp3) is 0.550. The van der Waals surface area contributed by atoms with Gasteiger partial charge in [-0.25, -0.2) is 0 Å². The van der Waals surface area contributed by atoms with Crippen LogP contribution in [0.1, 0.15) is 61.5 Å². The van der Waals surface area contributed by atoms with E-state index in [2.05, 4.69) is 44.9 Å². The minimum atomic E-state index is -0.445. The van der Waals surface area contributed by atoms with Crippen LogP contribution < -0.4 is 5.73 Å². The lowest BCUT2D eigenvalue weighted by atomic mass is 9.76. The molecule has 1 atom stereocenters. The SMILES string of the molecule is CN1CCOC1(C)c1ccc(C(N)=O)c(C2=CCC(C)(C)CC2)c1. The van der Waals surface area contributed by atoms with E-state index in [-0.39, 0.29) is 5.91 Å². The number of primary amides is 1. The lowest BCUT2D eigenvalue weighted by Crippen LogP contribution is -2.36. The van der Waals surface area contributed by atoms with Gasteiger partial charge in [0.1, 0.15) is 5.72 Å². The maximum absolute atomic E-state index is 11.9. The van der Waals surface area contributed by atoms with Gasteiger partial charge in [-0.15, -0.1) is 0 Å². The van der Waals surface area contributed by atoms with Crippen LogP contribution in [0.2, 0.25) is 0 Å². The van der Waals surface area contributed by atoms with Crippen molar-refractivity contribution in [1.29, 1.82) is 0 Å². The lowest BCUT2D eigenvalue weighted by Gasteiger charge is -2.33. The van der Waals surface area contributed by atoms with E-state index in [0.717, 1.165) is 43.5 Å². The molecule has 2 aliphatic rings. The summed E-state index contributed by atoms with van der Waals surface area (Å²) in [6, 6.07) is 5.93. The summed E-state index contributed by atoms with van der Waals surface area (Å²) in [7, 11) is 2.07. The summed E-state index contributed by atoms with van der Waals surface area (Å²) in [5.41, 5.74) is 9.40. The minimum absolute atomic E-state index is 0.328. The van der Waals surface area contributed by atoms with Crippen LogP contribution in [-0.4, -0.2) is 31.0 Å². The van der Waals surface area contributed by atoms with Crippen molar-refractivity contribution in [1.82, 2.24) is 4.90 Å². The van der Waals surface area contributed by atoms with Crippen LogP contribution in [0.5, 0.6) is 0 Å². The molecule has 0 bridgehead atoms. The summed E-state index contributed by atoms with van der Waals surface area (Å²) < 4.78 is 6.00. The Bertz CT molecular complexity index is 693. The first-order valence-electron chi connectivity index (χ1n) is 8.72. The number of nitrogens with two attached hydrogens (primary N) is 1. The van der Waals surface area contributed by atoms with Crippen molar-refractivity contribution < 1.29 is 9.53 Å². The maximum Gasteiger partial charge on any atom is 0.249 e. The molecule has 130 valence electrons. The number of benzene rings is 1. The van der Waals surface area contributed by atoms with Crippen molar-refractivity contribution in [3.05, 3.63) is 41.0 Å². The van der Waals surface area contributed by atoms with E-state index in [4.69, 9.17) is 10.5 Å². The molecular weight excluding hydrogens is 300 g/mol. The first-order chi connectivity index (χ1) is 11.2. The summed E-state index contributed by atoms with van der Waals surface area (Å²) in [6.45, 7) is 8.28. The van der Waals surface area contributed by atoms with Crippen molar-refractivity contribution in [2.45, 2.75) is 45.8 Å². The standard InChI is InChI=1S/C20H28N2O2/c1-19(2)9-7-14(8-10-19)17-13-15(5-6-16(17)18(21)23)20(3)22(4)11-12-24-20/h5-7,13H,8-12H2,1-4H3,(H2,21,23). The summed E-state index contributed by atoms with van der Waals surface area (Å²) >= 11 is 0. The van der Waals surface area contributed by atoms with Gasteiger partial charge >= 0.3 is 0 Å². The quantitative estimate of drug-likeness (QED) is 0.924. The van der Waals surface area contributed by atoms with Gasteiger partial charge in [0, 0.05) is 12.1 Å². The van der Waals surface area contributed by atoms with Crippen molar-refractivity contribution in [3.8, 4) is 0 Å². The molecule has 4 nitrogen and oxygen atoms in total. The highest BCUT2D eigenvalue weighted by Gasteiger charge is 2.37. The Morgan fingerprint density at radius 1 is 1.29 bits per heavy atom. The Morgan fingerprint density at radius 2 is 2.04 bits per heavy atom. The highest BCUT2D eigenvalue weighted by Crippen LogP contribution is 2.40. The van der Waals surface area contributed by atoms with Crippen LogP contribution in [-0.2, 0) is 10.5 Å². The Labute approximate surface area is 144 Å². The highest BCUT2D eigenvalue weighted by atomic mass is 16.5. The molecule has 0 aromatic heterocycles. The van der Waals surface area contributed by atoms with Crippen LogP contribution in [0.25, 0.3) is 5.57 Å². The summed E-state index contributed by atoms with van der Waals surface area (Å²) in [5.74, 6) is -0.367. The van der Waals surface area contributed by atoms with E-state index in [1.54, 1.807) is 0 Å². The van der Waals surface area contributed by atoms with Crippen molar-refractivity contribution in [3.63, 3.8) is 0 Å². The van der Waals surface area contributed by atoms with Crippen molar-refractivity contribution in [2.24, 2.45) is 11.1 Å². The third kappa shape index (κ3) is 3.01. The predicted molar refractivity (Wildman–Crippen MR) is 96.5 cm³/mol. The van der Waals surface area contributed by atoms with Gasteiger partial charge in [-0.3, -0.25) is 9.69 Å². The largest absolute Gasteiger partial charge is 0.366 e. The molecule has 0 spiro atoms. The monoisotopic (exact) mass is 328 g/mol. The van der Waals surface area contributed by atoms with Crippen molar-refractivity contribution in [2.75, 3.05) is 20.2 Å². The average Bonchev–Trinajstić information content (AvgIpc) is 2.87. The van der Waals surface area contributed by atoms with Gasteiger partial charge in [-0.05, 0) is 67.5 Å². The number of nitrogens with zero attached hydrogens (tertiary/aromatic N) is 1. The minimum Gasteiger partial charge on any atom is -0.366 e. The lowest BCUT2D eigenvalue weighted by molar-refractivity contribution is -0.0617. The summed E-state index contributed by atoms with van der Waals surface area (Å²) in [5, 5.41) is 0. The Balaban J connectivity index is 2.05. The van der Waals surface area contributed by atoms with E-state index in [9.17, 15) is 4.79 Å². The molecule has 0 radical (unpaired) electrons. The number of amides is 1. The number of hydrogen-bond donors (Lipinski definition) is 1. The molecule has 24 heavy (non-hydrogen) atoms. The van der Waals surface area contributed by atoms with Gasteiger partial charge < -0.3 is 10.5 Å². The van der Waals surface area contributed by atoms with E-state index >= 15 is 0 Å². The molecular formula is C20H28N2O2. The molecule has 1 aromatic rings. The fourth-order valence-corrected chi connectivity index (χ4v) is 3.64. The number of hydrogen-bond acceptors (Lipinski definition) is 3. The second kappa shape index (κ2) is 6.01. The topological polar surface area (TPSA) is 55.6 Å². The highest BCUT2D eigenvalue weighted by molar-refractivity contribution is 5.98. The Kier molecular flexibility index (Phi) is 4.30. The number of allylic oxidation sites excluding steroid dienone is 2. The van der Waals surface area contributed by atoms with Crippen LogP contribution in [0, 0.1) is 5.41 Å². The molecule has 1 unspecified atom stereocenters. The molecule has 1 amide bonds. The van der Waals surface area contributed by atoms with Crippen molar-refractivity contribution >= 4 is 11.5 Å². The van der Waals surface area contributed by atoms with E-state index in [1.807, 2.05) is 12.1 Å².